The Kier molecular flexibility index (Phi) is 6.00. The average molecular weight is 341 g/mol. The number of benzene rings is 1. The van der Waals surface area contributed by atoms with E-state index in [1.54, 1.807) is 37.6 Å². The number of carbonyl (C=O) groups excluding carboxylic acids is 1. The molecule has 0 saturated carbocycles. The largest absolute Gasteiger partial charge is 0.488 e. The molecule has 2 rings (SSSR count). The molecule has 1 amide bonds. The van der Waals surface area contributed by atoms with Crippen molar-refractivity contribution in [3.63, 3.8) is 0 Å². The number of ether oxygens (including phenoxy) is 2. The lowest BCUT2D eigenvalue weighted by Gasteiger charge is -2.12. The Bertz CT molecular complexity index is 627. The standard InChI is InChI=1S/C15H14Cl2N2O3/c1-21-5-6-22-14-12(16)7-11(8-13(14)17)19-15(20)10-3-2-4-18-9-10/h2-4,7-9H,5-6H2,1H3,(H,19,20). The summed E-state index contributed by atoms with van der Waals surface area (Å²) in [5.74, 6) is 0.0630. The zero-order chi connectivity index (χ0) is 15.9. The van der Waals surface area contributed by atoms with Gasteiger partial charge < -0.3 is 14.8 Å². The predicted octanol–water partition coefficient (Wildman–Crippen LogP) is 3.67. The van der Waals surface area contributed by atoms with Crippen molar-refractivity contribution >= 4 is 34.8 Å². The van der Waals surface area contributed by atoms with Crippen molar-refractivity contribution in [3.05, 3.63) is 52.3 Å². The van der Waals surface area contributed by atoms with E-state index in [0.29, 0.717) is 40.3 Å². The van der Waals surface area contributed by atoms with E-state index in [1.807, 2.05) is 0 Å². The van der Waals surface area contributed by atoms with Gasteiger partial charge in [-0.15, -0.1) is 0 Å². The van der Waals surface area contributed by atoms with Crippen LogP contribution in [-0.2, 0) is 4.74 Å². The summed E-state index contributed by atoms with van der Waals surface area (Å²) in [7, 11) is 1.57. The topological polar surface area (TPSA) is 60.5 Å². The molecule has 0 bridgehead atoms. The van der Waals surface area contributed by atoms with Gasteiger partial charge in [-0.3, -0.25) is 9.78 Å². The lowest BCUT2D eigenvalue weighted by Crippen LogP contribution is -2.12. The van der Waals surface area contributed by atoms with Crippen molar-refractivity contribution in [2.24, 2.45) is 0 Å². The molecule has 0 aliphatic rings. The lowest BCUT2D eigenvalue weighted by molar-refractivity contribution is 0.102. The smallest absolute Gasteiger partial charge is 0.257 e. The van der Waals surface area contributed by atoms with Crippen LogP contribution in [0.4, 0.5) is 5.69 Å². The van der Waals surface area contributed by atoms with E-state index < -0.39 is 0 Å². The van der Waals surface area contributed by atoms with Crippen LogP contribution >= 0.6 is 23.2 Å². The second-order valence-electron chi connectivity index (χ2n) is 4.31. The number of aromatic nitrogens is 1. The van der Waals surface area contributed by atoms with Crippen molar-refractivity contribution in [1.29, 1.82) is 0 Å². The molecule has 0 unspecified atom stereocenters. The van der Waals surface area contributed by atoms with E-state index in [2.05, 4.69) is 10.3 Å². The molecular weight excluding hydrogens is 327 g/mol. The summed E-state index contributed by atoms with van der Waals surface area (Å²) < 4.78 is 10.3. The van der Waals surface area contributed by atoms with Gasteiger partial charge in [0.15, 0.2) is 5.75 Å². The molecule has 116 valence electrons. The molecule has 1 heterocycles. The summed E-state index contributed by atoms with van der Waals surface area (Å²) in [6.07, 6.45) is 3.07. The van der Waals surface area contributed by atoms with Crippen LogP contribution in [0, 0.1) is 0 Å². The van der Waals surface area contributed by atoms with Gasteiger partial charge in [0.2, 0.25) is 0 Å². The number of hydrogen-bond acceptors (Lipinski definition) is 4. The third-order valence-electron chi connectivity index (χ3n) is 2.71. The molecule has 0 fully saturated rings. The monoisotopic (exact) mass is 340 g/mol. The Hall–Kier alpha value is -1.82. The highest BCUT2D eigenvalue weighted by Crippen LogP contribution is 2.36. The van der Waals surface area contributed by atoms with Crippen molar-refractivity contribution in [3.8, 4) is 5.75 Å². The van der Waals surface area contributed by atoms with Crippen molar-refractivity contribution in [2.75, 3.05) is 25.6 Å². The van der Waals surface area contributed by atoms with Crippen LogP contribution in [-0.4, -0.2) is 31.2 Å². The summed E-state index contributed by atoms with van der Waals surface area (Å²) in [5, 5.41) is 3.33. The molecule has 22 heavy (non-hydrogen) atoms. The highest BCUT2D eigenvalue weighted by molar-refractivity contribution is 6.37. The molecule has 5 nitrogen and oxygen atoms in total. The molecule has 0 radical (unpaired) electrons. The number of hydrogen-bond donors (Lipinski definition) is 1. The minimum absolute atomic E-state index is 0.298. The summed E-state index contributed by atoms with van der Waals surface area (Å²) in [5.41, 5.74) is 0.915. The first-order valence-corrected chi connectivity index (χ1v) is 7.19. The second kappa shape index (κ2) is 7.98. The quantitative estimate of drug-likeness (QED) is 0.815. The molecule has 0 spiro atoms. The molecule has 1 aromatic heterocycles. The molecule has 1 N–H and O–H groups in total. The number of anilines is 1. The Morgan fingerprint density at radius 2 is 2.00 bits per heavy atom. The van der Waals surface area contributed by atoms with Crippen LogP contribution in [0.3, 0.4) is 0 Å². The minimum Gasteiger partial charge on any atom is -0.488 e. The van der Waals surface area contributed by atoms with Gasteiger partial charge in [-0.1, -0.05) is 23.2 Å². The SMILES string of the molecule is COCCOc1c(Cl)cc(NC(=O)c2cccnc2)cc1Cl. The first kappa shape index (κ1) is 16.5. The van der Waals surface area contributed by atoms with E-state index in [-0.39, 0.29) is 5.91 Å². The van der Waals surface area contributed by atoms with Gasteiger partial charge in [-0.25, -0.2) is 0 Å². The molecule has 0 aliphatic carbocycles. The summed E-state index contributed by atoms with van der Waals surface area (Å²) in [6.45, 7) is 0.753. The maximum absolute atomic E-state index is 12.0. The lowest BCUT2D eigenvalue weighted by atomic mass is 10.2. The summed E-state index contributed by atoms with van der Waals surface area (Å²) in [6, 6.07) is 6.49. The van der Waals surface area contributed by atoms with Gasteiger partial charge in [-0.05, 0) is 24.3 Å². The number of halogens is 2. The van der Waals surface area contributed by atoms with Crippen molar-refractivity contribution in [2.45, 2.75) is 0 Å². The van der Waals surface area contributed by atoms with Gasteiger partial charge in [0.1, 0.15) is 6.61 Å². The fourth-order valence-corrected chi connectivity index (χ4v) is 2.29. The average Bonchev–Trinajstić information content (AvgIpc) is 2.51. The Labute approximate surface area is 138 Å². The molecule has 7 heteroatoms. The fraction of sp³-hybridized carbons (Fsp3) is 0.200. The summed E-state index contributed by atoms with van der Waals surface area (Å²) in [4.78, 5) is 15.9. The predicted molar refractivity (Wildman–Crippen MR) is 86.0 cm³/mol. The van der Waals surface area contributed by atoms with Crippen LogP contribution < -0.4 is 10.1 Å². The second-order valence-corrected chi connectivity index (χ2v) is 5.12. The number of rotatable bonds is 6. The molecule has 0 aliphatic heterocycles. The third-order valence-corrected chi connectivity index (χ3v) is 3.28. The Morgan fingerprint density at radius 3 is 2.59 bits per heavy atom. The van der Waals surface area contributed by atoms with E-state index in [4.69, 9.17) is 32.7 Å². The summed E-state index contributed by atoms with van der Waals surface area (Å²) >= 11 is 12.3. The van der Waals surface area contributed by atoms with Gasteiger partial charge in [0.25, 0.3) is 5.91 Å². The van der Waals surface area contributed by atoms with Crippen molar-refractivity contribution in [1.82, 2.24) is 4.98 Å². The van der Waals surface area contributed by atoms with E-state index in [0.717, 1.165) is 0 Å². The maximum atomic E-state index is 12.0. The van der Waals surface area contributed by atoms with E-state index >= 15 is 0 Å². The van der Waals surface area contributed by atoms with Gasteiger partial charge >= 0.3 is 0 Å². The van der Waals surface area contributed by atoms with Crippen LogP contribution in [0.25, 0.3) is 0 Å². The Morgan fingerprint density at radius 1 is 1.27 bits per heavy atom. The van der Waals surface area contributed by atoms with Gasteiger partial charge in [0, 0.05) is 25.2 Å². The van der Waals surface area contributed by atoms with Crippen LogP contribution in [0.15, 0.2) is 36.7 Å². The van der Waals surface area contributed by atoms with Gasteiger partial charge in [-0.2, -0.15) is 0 Å². The number of pyridine rings is 1. The number of nitrogens with one attached hydrogen (secondary N) is 1. The van der Waals surface area contributed by atoms with Crippen LogP contribution in [0.2, 0.25) is 10.0 Å². The number of amides is 1. The maximum Gasteiger partial charge on any atom is 0.257 e. The minimum atomic E-state index is -0.298. The van der Waals surface area contributed by atoms with E-state index in [9.17, 15) is 4.79 Å². The molecule has 0 saturated heterocycles. The number of carbonyl (C=O) groups is 1. The molecule has 0 atom stereocenters. The van der Waals surface area contributed by atoms with E-state index in [1.165, 1.54) is 6.20 Å². The first-order valence-electron chi connectivity index (χ1n) is 6.44. The Balaban J connectivity index is 2.11. The van der Waals surface area contributed by atoms with Crippen LogP contribution in [0.5, 0.6) is 5.75 Å². The fourth-order valence-electron chi connectivity index (χ4n) is 1.70. The van der Waals surface area contributed by atoms with Crippen LogP contribution in [0.1, 0.15) is 10.4 Å². The first-order chi connectivity index (χ1) is 10.6. The zero-order valence-corrected chi connectivity index (χ0v) is 13.3. The zero-order valence-electron chi connectivity index (χ0n) is 11.8. The molecular formula is C15H14Cl2N2O3. The number of methoxy groups -OCH3 is 1. The third kappa shape index (κ3) is 4.34. The normalized spacial score (nSPS) is 10.3. The van der Waals surface area contributed by atoms with Crippen molar-refractivity contribution < 1.29 is 14.3 Å². The highest BCUT2D eigenvalue weighted by atomic mass is 35.5. The number of nitrogens with zero attached hydrogens (tertiary/aromatic N) is 1. The highest BCUT2D eigenvalue weighted by Gasteiger charge is 2.12. The van der Waals surface area contributed by atoms with Gasteiger partial charge in [0.05, 0.1) is 22.2 Å². The molecule has 2 aromatic rings. The molecule has 1 aromatic carbocycles.